The Morgan fingerprint density at radius 3 is 2.89 bits per heavy atom. The van der Waals surface area contributed by atoms with Crippen LogP contribution in [0.1, 0.15) is 42.6 Å². The number of pyridine rings is 1. The largest absolute Gasteiger partial charge is 0.507 e. The second-order valence-corrected chi connectivity index (χ2v) is 4.48. The van der Waals surface area contributed by atoms with Crippen molar-refractivity contribution in [2.75, 3.05) is 0 Å². The minimum atomic E-state index is -0.105. The van der Waals surface area contributed by atoms with E-state index in [2.05, 4.69) is 11.9 Å². The van der Waals surface area contributed by atoms with Crippen LogP contribution in [0.3, 0.4) is 0 Å². The molecule has 0 aliphatic heterocycles. The number of aryl methyl sites for hydroxylation is 1. The number of phenolic OH excluding ortho intramolecular Hbond substituents is 1. The van der Waals surface area contributed by atoms with Crippen LogP contribution in [0.4, 0.5) is 0 Å². The molecule has 0 saturated heterocycles. The molecule has 0 unspecified atom stereocenters. The molecule has 3 heteroatoms. The SMILES string of the molecule is CCCCc1c(C(C)=O)c(O)cc2cccnc12. The third kappa shape index (κ3) is 2.21. The zero-order valence-corrected chi connectivity index (χ0v) is 10.7. The summed E-state index contributed by atoms with van der Waals surface area (Å²) < 4.78 is 0. The lowest BCUT2D eigenvalue weighted by Crippen LogP contribution is -2.03. The maximum absolute atomic E-state index is 11.7. The zero-order valence-electron chi connectivity index (χ0n) is 10.7. The Balaban J connectivity index is 2.72. The van der Waals surface area contributed by atoms with Crippen LogP contribution >= 0.6 is 0 Å². The molecule has 1 aromatic carbocycles. The number of unbranched alkanes of at least 4 members (excludes halogenated alkanes) is 1. The standard InChI is InChI=1S/C15H17NO2/c1-3-4-7-12-14(10(2)17)13(18)9-11-6-5-8-16-15(11)12/h5-6,8-9,18H,3-4,7H2,1-2H3. The first-order valence-electron chi connectivity index (χ1n) is 6.25. The van der Waals surface area contributed by atoms with E-state index in [1.165, 1.54) is 6.92 Å². The van der Waals surface area contributed by atoms with Gasteiger partial charge in [0, 0.05) is 11.6 Å². The van der Waals surface area contributed by atoms with Gasteiger partial charge in [-0.3, -0.25) is 9.78 Å². The van der Waals surface area contributed by atoms with Crippen LogP contribution in [0.2, 0.25) is 0 Å². The van der Waals surface area contributed by atoms with Crippen molar-refractivity contribution in [1.82, 2.24) is 4.98 Å². The van der Waals surface area contributed by atoms with Gasteiger partial charge in [0.05, 0.1) is 11.1 Å². The molecule has 2 aromatic rings. The molecule has 1 heterocycles. The Kier molecular flexibility index (Phi) is 3.60. The molecule has 2 rings (SSSR count). The number of rotatable bonds is 4. The molecule has 0 atom stereocenters. The number of aromatic hydroxyl groups is 1. The lowest BCUT2D eigenvalue weighted by molar-refractivity contribution is 0.101. The Hall–Kier alpha value is -1.90. The minimum absolute atomic E-state index is 0.0640. The molecule has 18 heavy (non-hydrogen) atoms. The number of benzene rings is 1. The second kappa shape index (κ2) is 5.17. The van der Waals surface area contributed by atoms with Gasteiger partial charge < -0.3 is 5.11 Å². The fraction of sp³-hybridized carbons (Fsp3) is 0.333. The van der Waals surface area contributed by atoms with Crippen molar-refractivity contribution in [3.05, 3.63) is 35.5 Å². The van der Waals surface area contributed by atoms with Crippen molar-refractivity contribution in [3.63, 3.8) is 0 Å². The molecule has 1 aromatic heterocycles. The predicted octanol–water partition coefficient (Wildman–Crippen LogP) is 3.49. The molecule has 0 radical (unpaired) electrons. The molecule has 0 bridgehead atoms. The first-order chi connectivity index (χ1) is 8.65. The van der Waals surface area contributed by atoms with E-state index < -0.39 is 0 Å². The van der Waals surface area contributed by atoms with Gasteiger partial charge in [0.15, 0.2) is 5.78 Å². The van der Waals surface area contributed by atoms with E-state index >= 15 is 0 Å². The summed E-state index contributed by atoms with van der Waals surface area (Å²) in [6.45, 7) is 3.59. The molecule has 0 aliphatic rings. The number of Topliss-reactive ketones (excluding diaryl/α,β-unsaturated/α-hetero) is 1. The van der Waals surface area contributed by atoms with Crippen LogP contribution in [0.25, 0.3) is 10.9 Å². The van der Waals surface area contributed by atoms with E-state index in [9.17, 15) is 9.90 Å². The number of nitrogens with zero attached hydrogens (tertiary/aromatic N) is 1. The maximum atomic E-state index is 11.7. The van der Waals surface area contributed by atoms with E-state index in [1.807, 2.05) is 12.1 Å². The normalized spacial score (nSPS) is 10.8. The highest BCUT2D eigenvalue weighted by Gasteiger charge is 2.16. The van der Waals surface area contributed by atoms with Gasteiger partial charge in [-0.1, -0.05) is 19.4 Å². The predicted molar refractivity (Wildman–Crippen MR) is 72.0 cm³/mol. The van der Waals surface area contributed by atoms with Crippen molar-refractivity contribution < 1.29 is 9.90 Å². The Bertz CT molecular complexity index is 590. The Labute approximate surface area is 106 Å². The molecule has 0 amide bonds. The monoisotopic (exact) mass is 243 g/mol. The average Bonchev–Trinajstić information content (AvgIpc) is 2.34. The highest BCUT2D eigenvalue weighted by Crippen LogP contribution is 2.30. The number of carbonyl (C=O) groups is 1. The van der Waals surface area contributed by atoms with Crippen molar-refractivity contribution in [2.45, 2.75) is 33.1 Å². The summed E-state index contributed by atoms with van der Waals surface area (Å²) in [5.74, 6) is -0.0414. The van der Waals surface area contributed by atoms with E-state index in [0.717, 1.165) is 35.7 Å². The highest BCUT2D eigenvalue weighted by molar-refractivity contribution is 6.03. The van der Waals surface area contributed by atoms with Gasteiger partial charge in [-0.05, 0) is 37.5 Å². The third-order valence-corrected chi connectivity index (χ3v) is 3.11. The number of carbonyl (C=O) groups excluding carboxylic acids is 1. The van der Waals surface area contributed by atoms with Crippen molar-refractivity contribution in [3.8, 4) is 5.75 Å². The van der Waals surface area contributed by atoms with Gasteiger partial charge in [0.25, 0.3) is 0 Å². The smallest absolute Gasteiger partial charge is 0.163 e. The van der Waals surface area contributed by atoms with Gasteiger partial charge in [0.1, 0.15) is 5.75 Å². The molecule has 0 spiro atoms. The molecule has 0 aliphatic carbocycles. The molecule has 3 nitrogen and oxygen atoms in total. The van der Waals surface area contributed by atoms with Crippen molar-refractivity contribution >= 4 is 16.7 Å². The van der Waals surface area contributed by atoms with Crippen LogP contribution in [0, 0.1) is 0 Å². The lowest BCUT2D eigenvalue weighted by atomic mass is 9.95. The molecular formula is C15H17NO2. The number of hydrogen-bond acceptors (Lipinski definition) is 3. The minimum Gasteiger partial charge on any atom is -0.507 e. The number of phenols is 1. The first-order valence-corrected chi connectivity index (χ1v) is 6.25. The van der Waals surface area contributed by atoms with Crippen LogP contribution in [0.5, 0.6) is 5.75 Å². The summed E-state index contributed by atoms with van der Waals surface area (Å²) in [6.07, 6.45) is 4.52. The number of aromatic nitrogens is 1. The summed E-state index contributed by atoms with van der Waals surface area (Å²) in [6, 6.07) is 5.36. The summed E-state index contributed by atoms with van der Waals surface area (Å²) in [4.78, 5) is 16.1. The molecule has 0 fully saturated rings. The zero-order chi connectivity index (χ0) is 13.1. The van der Waals surface area contributed by atoms with Gasteiger partial charge in [-0.2, -0.15) is 0 Å². The van der Waals surface area contributed by atoms with E-state index in [1.54, 1.807) is 12.3 Å². The topological polar surface area (TPSA) is 50.2 Å². The van der Waals surface area contributed by atoms with Crippen LogP contribution in [0.15, 0.2) is 24.4 Å². The Morgan fingerprint density at radius 1 is 1.44 bits per heavy atom. The van der Waals surface area contributed by atoms with E-state index in [4.69, 9.17) is 0 Å². The van der Waals surface area contributed by atoms with Gasteiger partial charge >= 0.3 is 0 Å². The summed E-state index contributed by atoms with van der Waals surface area (Å²) in [5, 5.41) is 10.9. The number of fused-ring (bicyclic) bond motifs is 1. The van der Waals surface area contributed by atoms with E-state index in [-0.39, 0.29) is 11.5 Å². The molecule has 0 saturated carbocycles. The number of hydrogen-bond donors (Lipinski definition) is 1. The maximum Gasteiger partial charge on any atom is 0.163 e. The van der Waals surface area contributed by atoms with Gasteiger partial charge in [-0.25, -0.2) is 0 Å². The second-order valence-electron chi connectivity index (χ2n) is 4.48. The molecule has 1 N–H and O–H groups in total. The van der Waals surface area contributed by atoms with Crippen molar-refractivity contribution in [1.29, 1.82) is 0 Å². The summed E-state index contributed by atoms with van der Waals surface area (Å²) in [7, 11) is 0. The fourth-order valence-corrected chi connectivity index (χ4v) is 2.27. The lowest BCUT2D eigenvalue weighted by Gasteiger charge is -2.12. The van der Waals surface area contributed by atoms with Gasteiger partial charge in [-0.15, -0.1) is 0 Å². The quantitative estimate of drug-likeness (QED) is 0.836. The fourth-order valence-electron chi connectivity index (χ4n) is 2.27. The first kappa shape index (κ1) is 12.6. The summed E-state index contributed by atoms with van der Waals surface area (Å²) in [5.41, 5.74) is 2.13. The van der Waals surface area contributed by atoms with E-state index in [0.29, 0.717) is 5.56 Å². The number of ketones is 1. The molecule has 94 valence electrons. The van der Waals surface area contributed by atoms with Gasteiger partial charge in [0.2, 0.25) is 0 Å². The highest BCUT2D eigenvalue weighted by atomic mass is 16.3. The average molecular weight is 243 g/mol. The molecular weight excluding hydrogens is 226 g/mol. The van der Waals surface area contributed by atoms with Crippen LogP contribution in [-0.2, 0) is 6.42 Å². The van der Waals surface area contributed by atoms with Crippen LogP contribution in [-0.4, -0.2) is 15.9 Å². The summed E-state index contributed by atoms with van der Waals surface area (Å²) >= 11 is 0. The third-order valence-electron chi connectivity index (χ3n) is 3.11. The van der Waals surface area contributed by atoms with Crippen LogP contribution < -0.4 is 0 Å². The Morgan fingerprint density at radius 2 is 2.22 bits per heavy atom. The van der Waals surface area contributed by atoms with Crippen molar-refractivity contribution in [2.24, 2.45) is 0 Å².